The van der Waals surface area contributed by atoms with Gasteiger partial charge in [-0.3, -0.25) is 14.3 Å². The van der Waals surface area contributed by atoms with Crippen molar-refractivity contribution in [2.24, 2.45) is 0 Å². The predicted octanol–water partition coefficient (Wildman–Crippen LogP) is 3.17. The second kappa shape index (κ2) is 8.61. The number of aryl methyl sites for hydroxylation is 1. The number of hydrogen-bond acceptors (Lipinski definition) is 4. The number of nitrogens with zero attached hydrogens (tertiary/aromatic N) is 3. The van der Waals surface area contributed by atoms with E-state index in [0.717, 1.165) is 34.5 Å². The second-order valence-corrected chi connectivity index (χ2v) is 7.89. The van der Waals surface area contributed by atoms with Gasteiger partial charge in [-0.25, -0.2) is 4.52 Å². The summed E-state index contributed by atoms with van der Waals surface area (Å²) in [6, 6.07) is 8.82. The van der Waals surface area contributed by atoms with Crippen molar-refractivity contribution in [3.8, 4) is 0 Å². The molecule has 2 aromatic heterocycles. The van der Waals surface area contributed by atoms with Crippen LogP contribution in [0, 0.1) is 6.92 Å². The molecular weight excluding hydrogens is 360 g/mol. The summed E-state index contributed by atoms with van der Waals surface area (Å²) >= 11 is 1.92. The Labute approximate surface area is 162 Å². The summed E-state index contributed by atoms with van der Waals surface area (Å²) in [5.74, 6) is 2.19. The molecule has 0 aliphatic rings. The molecule has 0 radical (unpaired) electrons. The third kappa shape index (κ3) is 4.03. The number of carbonyl (C=O) groups is 1. The van der Waals surface area contributed by atoms with E-state index in [2.05, 4.69) is 17.2 Å². The van der Waals surface area contributed by atoms with Crippen LogP contribution in [-0.2, 0) is 4.79 Å². The monoisotopic (exact) mass is 386 g/mol. The number of thioether (sulfide) groups is 1. The molecule has 0 fully saturated rings. The van der Waals surface area contributed by atoms with Crippen molar-refractivity contribution < 1.29 is 4.79 Å². The van der Waals surface area contributed by atoms with Gasteiger partial charge >= 0.3 is 0 Å². The van der Waals surface area contributed by atoms with Crippen LogP contribution < -0.4 is 10.9 Å². The highest BCUT2D eigenvalue weighted by atomic mass is 32.2. The first-order chi connectivity index (χ1) is 13.0. The number of rotatable bonds is 8. The van der Waals surface area contributed by atoms with E-state index in [9.17, 15) is 9.59 Å². The van der Waals surface area contributed by atoms with Gasteiger partial charge in [0.25, 0.3) is 5.56 Å². The fraction of sp³-hybridized carbons (Fsp3) is 0.450. The summed E-state index contributed by atoms with van der Waals surface area (Å²) in [6.45, 7) is 6.59. The molecule has 0 spiro atoms. The Morgan fingerprint density at radius 3 is 2.85 bits per heavy atom. The average Bonchev–Trinajstić information content (AvgIpc) is 2.98. The minimum Gasteiger partial charge on any atom is -0.354 e. The van der Waals surface area contributed by atoms with Gasteiger partial charge in [0, 0.05) is 23.7 Å². The van der Waals surface area contributed by atoms with E-state index >= 15 is 0 Å². The van der Waals surface area contributed by atoms with Crippen molar-refractivity contribution in [3.63, 3.8) is 0 Å². The lowest BCUT2D eigenvalue weighted by Gasteiger charge is -2.18. The van der Waals surface area contributed by atoms with Crippen LogP contribution in [0.4, 0.5) is 0 Å². The predicted molar refractivity (Wildman–Crippen MR) is 112 cm³/mol. The molecule has 0 saturated carbocycles. The maximum absolute atomic E-state index is 12.8. The molecule has 3 rings (SSSR count). The van der Waals surface area contributed by atoms with Gasteiger partial charge in [0.15, 0.2) is 5.65 Å². The highest BCUT2D eigenvalue weighted by Gasteiger charge is 2.21. The molecule has 2 heterocycles. The van der Waals surface area contributed by atoms with E-state index < -0.39 is 6.04 Å². The van der Waals surface area contributed by atoms with Gasteiger partial charge in [-0.2, -0.15) is 16.7 Å². The van der Waals surface area contributed by atoms with Crippen LogP contribution in [0.5, 0.6) is 0 Å². The second-order valence-electron chi connectivity index (χ2n) is 6.67. The third-order valence-corrected chi connectivity index (χ3v) is 5.82. The van der Waals surface area contributed by atoms with Gasteiger partial charge in [-0.15, -0.1) is 0 Å². The van der Waals surface area contributed by atoms with Crippen molar-refractivity contribution in [1.29, 1.82) is 0 Å². The summed E-state index contributed by atoms with van der Waals surface area (Å²) in [5, 5.41) is 3.91. The van der Waals surface area contributed by atoms with Crippen molar-refractivity contribution in [3.05, 3.63) is 46.4 Å². The van der Waals surface area contributed by atoms with Gasteiger partial charge in [0.2, 0.25) is 5.91 Å². The zero-order valence-electron chi connectivity index (χ0n) is 16.1. The fourth-order valence-corrected chi connectivity index (χ4v) is 4.12. The molecule has 7 heteroatoms. The number of amides is 1. The molecule has 0 unspecified atom stereocenters. The molecule has 6 nitrogen and oxygen atoms in total. The number of para-hydroxylation sites is 1. The van der Waals surface area contributed by atoms with E-state index in [-0.39, 0.29) is 11.5 Å². The zero-order chi connectivity index (χ0) is 19.4. The lowest BCUT2D eigenvalue weighted by molar-refractivity contribution is -0.124. The standard InChI is InChI=1S/C20H26N4O2S/c1-4-11-27-12-7-10-21-20(26)15(3)24-17-9-6-5-8-16(17)19-22-18(25)13-14(2)23(19)24/h5-6,8-9,13,15H,4,7,10-12H2,1-3H3,(H,21,26)/t15-/m1/s1. The van der Waals surface area contributed by atoms with Crippen molar-refractivity contribution in [2.45, 2.75) is 39.7 Å². The first-order valence-electron chi connectivity index (χ1n) is 9.39. The smallest absolute Gasteiger partial charge is 0.273 e. The van der Waals surface area contributed by atoms with Gasteiger partial charge < -0.3 is 5.32 Å². The van der Waals surface area contributed by atoms with Gasteiger partial charge in [0.05, 0.1) is 5.52 Å². The third-order valence-electron chi connectivity index (χ3n) is 4.55. The van der Waals surface area contributed by atoms with Crippen molar-refractivity contribution in [2.75, 3.05) is 18.1 Å². The Hall–Kier alpha value is -2.28. The lowest BCUT2D eigenvalue weighted by Crippen LogP contribution is -2.33. The zero-order valence-corrected chi connectivity index (χ0v) is 16.9. The largest absolute Gasteiger partial charge is 0.354 e. The first kappa shape index (κ1) is 19.5. The van der Waals surface area contributed by atoms with E-state index in [1.165, 1.54) is 12.5 Å². The van der Waals surface area contributed by atoms with Gasteiger partial charge in [-0.1, -0.05) is 19.1 Å². The molecular formula is C20H26N4O2S. The Kier molecular flexibility index (Phi) is 6.21. The molecule has 1 aromatic carbocycles. The average molecular weight is 387 g/mol. The molecule has 27 heavy (non-hydrogen) atoms. The van der Waals surface area contributed by atoms with Gasteiger partial charge in [0.1, 0.15) is 6.04 Å². The van der Waals surface area contributed by atoms with Crippen LogP contribution in [-0.4, -0.2) is 38.1 Å². The van der Waals surface area contributed by atoms with Crippen LogP contribution >= 0.6 is 11.8 Å². The SMILES string of the molecule is CCCSCCCNC(=O)[C@@H](C)n1c2ccccc2c2nc(=O)cc(C)n21. The number of nitrogens with one attached hydrogen (secondary N) is 1. The quantitative estimate of drug-likeness (QED) is 0.604. The molecule has 144 valence electrons. The summed E-state index contributed by atoms with van der Waals surface area (Å²) in [7, 11) is 0. The summed E-state index contributed by atoms with van der Waals surface area (Å²) < 4.78 is 3.79. The van der Waals surface area contributed by atoms with Gasteiger partial charge in [-0.05, 0) is 50.3 Å². The molecule has 0 aliphatic carbocycles. The Balaban J connectivity index is 1.88. The molecule has 3 aromatic rings. The minimum atomic E-state index is -0.418. The van der Waals surface area contributed by atoms with E-state index in [0.29, 0.717) is 12.2 Å². The highest BCUT2D eigenvalue weighted by Crippen LogP contribution is 2.24. The minimum absolute atomic E-state index is 0.0313. The molecule has 0 bridgehead atoms. The number of carbonyl (C=O) groups excluding carboxylic acids is 1. The molecule has 1 amide bonds. The highest BCUT2D eigenvalue weighted by molar-refractivity contribution is 7.99. The van der Waals surface area contributed by atoms with Crippen LogP contribution in [0.15, 0.2) is 35.1 Å². The molecule has 0 saturated heterocycles. The van der Waals surface area contributed by atoms with Crippen LogP contribution in [0.3, 0.4) is 0 Å². The summed E-state index contributed by atoms with van der Waals surface area (Å²) in [5.41, 5.74) is 1.97. The molecule has 1 N–H and O–H groups in total. The Morgan fingerprint density at radius 1 is 1.30 bits per heavy atom. The van der Waals surface area contributed by atoms with Crippen LogP contribution in [0.25, 0.3) is 16.6 Å². The maximum atomic E-state index is 12.8. The Bertz CT molecular complexity index is 1010. The maximum Gasteiger partial charge on any atom is 0.273 e. The van der Waals surface area contributed by atoms with Crippen LogP contribution in [0.2, 0.25) is 0 Å². The fourth-order valence-electron chi connectivity index (χ4n) is 3.28. The van der Waals surface area contributed by atoms with E-state index in [1.807, 2.05) is 59.1 Å². The number of benzene rings is 1. The number of aromatic nitrogens is 3. The molecule has 0 aliphatic heterocycles. The Morgan fingerprint density at radius 2 is 2.07 bits per heavy atom. The van der Waals surface area contributed by atoms with E-state index in [4.69, 9.17) is 0 Å². The summed E-state index contributed by atoms with van der Waals surface area (Å²) in [6.07, 6.45) is 2.14. The van der Waals surface area contributed by atoms with Crippen molar-refractivity contribution >= 4 is 34.2 Å². The summed E-state index contributed by atoms with van der Waals surface area (Å²) in [4.78, 5) is 28.8. The van der Waals surface area contributed by atoms with E-state index in [1.54, 1.807) is 0 Å². The topological polar surface area (TPSA) is 68.4 Å². The lowest BCUT2D eigenvalue weighted by atomic mass is 10.2. The molecule has 1 atom stereocenters. The normalized spacial score (nSPS) is 12.6. The first-order valence-corrected chi connectivity index (χ1v) is 10.5. The van der Waals surface area contributed by atoms with Crippen molar-refractivity contribution in [1.82, 2.24) is 19.5 Å². The number of fused-ring (bicyclic) bond motifs is 3. The van der Waals surface area contributed by atoms with Crippen LogP contribution in [0.1, 0.15) is 38.4 Å². The number of hydrogen-bond donors (Lipinski definition) is 1.